The SMILES string of the molecule is CCc1ccc2oc(C(=O)Nc3ccc(OC)c(OC)c3)c(C)c2c1. The second kappa shape index (κ2) is 6.89. The molecule has 5 heteroatoms. The van der Waals surface area contributed by atoms with E-state index in [0.717, 1.165) is 17.4 Å². The van der Waals surface area contributed by atoms with Crippen LogP contribution in [0.5, 0.6) is 11.5 Å². The number of amides is 1. The Morgan fingerprint density at radius 3 is 2.52 bits per heavy atom. The predicted molar refractivity (Wildman–Crippen MR) is 97.8 cm³/mol. The van der Waals surface area contributed by atoms with Gasteiger partial charge in [0, 0.05) is 22.7 Å². The van der Waals surface area contributed by atoms with Gasteiger partial charge in [0.2, 0.25) is 0 Å². The van der Waals surface area contributed by atoms with Crippen LogP contribution in [0.2, 0.25) is 0 Å². The molecule has 0 radical (unpaired) electrons. The standard InChI is InChI=1S/C20H21NO4/c1-5-13-6-8-16-15(10-13)12(2)19(25-16)20(22)21-14-7-9-17(23-3)18(11-14)24-4/h6-11H,5H2,1-4H3,(H,21,22). The molecule has 25 heavy (non-hydrogen) atoms. The van der Waals surface area contributed by atoms with Crippen LogP contribution < -0.4 is 14.8 Å². The number of methoxy groups -OCH3 is 2. The maximum absolute atomic E-state index is 12.6. The second-order valence-corrected chi connectivity index (χ2v) is 5.76. The number of carbonyl (C=O) groups excluding carboxylic acids is 1. The summed E-state index contributed by atoms with van der Waals surface area (Å²) in [6.07, 6.45) is 0.938. The summed E-state index contributed by atoms with van der Waals surface area (Å²) in [4.78, 5) is 12.6. The largest absolute Gasteiger partial charge is 0.493 e. The lowest BCUT2D eigenvalue weighted by atomic mass is 10.1. The monoisotopic (exact) mass is 339 g/mol. The fourth-order valence-corrected chi connectivity index (χ4v) is 2.81. The zero-order valence-corrected chi connectivity index (χ0v) is 14.8. The molecular formula is C20H21NO4. The third-order valence-electron chi connectivity index (χ3n) is 4.26. The van der Waals surface area contributed by atoms with E-state index in [-0.39, 0.29) is 5.91 Å². The summed E-state index contributed by atoms with van der Waals surface area (Å²) in [6, 6.07) is 11.2. The van der Waals surface area contributed by atoms with E-state index in [2.05, 4.69) is 18.3 Å². The van der Waals surface area contributed by atoms with Gasteiger partial charge in [-0.1, -0.05) is 13.0 Å². The highest BCUT2D eigenvalue weighted by Gasteiger charge is 2.18. The van der Waals surface area contributed by atoms with E-state index in [9.17, 15) is 4.79 Å². The highest BCUT2D eigenvalue weighted by atomic mass is 16.5. The molecule has 0 atom stereocenters. The average Bonchev–Trinajstić information content (AvgIpc) is 2.97. The Balaban J connectivity index is 1.91. The van der Waals surface area contributed by atoms with Crippen molar-refractivity contribution in [1.82, 2.24) is 0 Å². The van der Waals surface area contributed by atoms with Crippen molar-refractivity contribution in [3.8, 4) is 11.5 Å². The van der Waals surface area contributed by atoms with E-state index in [1.54, 1.807) is 32.4 Å². The number of hydrogen-bond donors (Lipinski definition) is 1. The van der Waals surface area contributed by atoms with E-state index < -0.39 is 0 Å². The lowest BCUT2D eigenvalue weighted by Gasteiger charge is -2.10. The van der Waals surface area contributed by atoms with Gasteiger partial charge in [-0.25, -0.2) is 0 Å². The van der Waals surface area contributed by atoms with Gasteiger partial charge in [0.1, 0.15) is 5.58 Å². The van der Waals surface area contributed by atoms with Gasteiger partial charge in [-0.3, -0.25) is 4.79 Å². The van der Waals surface area contributed by atoms with Gasteiger partial charge in [-0.2, -0.15) is 0 Å². The van der Waals surface area contributed by atoms with Crippen LogP contribution in [0.25, 0.3) is 11.0 Å². The number of carbonyl (C=O) groups is 1. The molecule has 130 valence electrons. The lowest BCUT2D eigenvalue weighted by Crippen LogP contribution is -2.12. The minimum atomic E-state index is -0.293. The van der Waals surface area contributed by atoms with Gasteiger partial charge in [0.25, 0.3) is 5.91 Å². The first-order valence-electron chi connectivity index (χ1n) is 8.12. The number of anilines is 1. The van der Waals surface area contributed by atoms with Gasteiger partial charge in [0.05, 0.1) is 14.2 Å². The molecule has 0 unspecified atom stereocenters. The molecule has 0 aliphatic heterocycles. The summed E-state index contributed by atoms with van der Waals surface area (Å²) in [5.41, 5.74) is 3.37. The van der Waals surface area contributed by atoms with Crippen LogP contribution in [-0.4, -0.2) is 20.1 Å². The van der Waals surface area contributed by atoms with Gasteiger partial charge >= 0.3 is 0 Å². The average molecular weight is 339 g/mol. The number of furan rings is 1. The molecule has 1 aromatic heterocycles. The molecular weight excluding hydrogens is 318 g/mol. The van der Waals surface area contributed by atoms with Crippen molar-refractivity contribution in [3.63, 3.8) is 0 Å². The number of hydrogen-bond acceptors (Lipinski definition) is 4. The summed E-state index contributed by atoms with van der Waals surface area (Å²) in [5, 5.41) is 3.82. The molecule has 0 aliphatic rings. The molecule has 0 saturated heterocycles. The van der Waals surface area contributed by atoms with Crippen molar-refractivity contribution in [1.29, 1.82) is 0 Å². The molecule has 2 aromatic carbocycles. The van der Waals surface area contributed by atoms with E-state index in [1.807, 2.05) is 19.1 Å². The van der Waals surface area contributed by atoms with Crippen molar-refractivity contribution < 1.29 is 18.7 Å². The molecule has 3 aromatic rings. The van der Waals surface area contributed by atoms with Crippen LogP contribution in [0, 0.1) is 6.92 Å². The molecule has 1 amide bonds. The van der Waals surface area contributed by atoms with Crippen LogP contribution in [0.1, 0.15) is 28.6 Å². The highest BCUT2D eigenvalue weighted by molar-refractivity contribution is 6.06. The maximum Gasteiger partial charge on any atom is 0.291 e. The van der Waals surface area contributed by atoms with Gasteiger partial charge in [-0.05, 0) is 43.2 Å². The Morgan fingerprint density at radius 1 is 1.08 bits per heavy atom. The number of ether oxygens (including phenoxy) is 2. The summed E-state index contributed by atoms with van der Waals surface area (Å²) >= 11 is 0. The summed E-state index contributed by atoms with van der Waals surface area (Å²) < 4.78 is 16.2. The van der Waals surface area contributed by atoms with Crippen molar-refractivity contribution in [2.75, 3.05) is 19.5 Å². The number of fused-ring (bicyclic) bond motifs is 1. The zero-order chi connectivity index (χ0) is 18.0. The van der Waals surface area contributed by atoms with Crippen molar-refractivity contribution in [2.24, 2.45) is 0 Å². The molecule has 3 rings (SSSR count). The first kappa shape index (κ1) is 16.9. The molecule has 0 bridgehead atoms. The van der Waals surface area contributed by atoms with E-state index >= 15 is 0 Å². The predicted octanol–water partition coefficient (Wildman–Crippen LogP) is 4.57. The fourth-order valence-electron chi connectivity index (χ4n) is 2.81. The normalized spacial score (nSPS) is 10.7. The molecule has 1 N–H and O–H groups in total. The first-order valence-corrected chi connectivity index (χ1v) is 8.12. The van der Waals surface area contributed by atoms with Gasteiger partial charge in [-0.15, -0.1) is 0 Å². The number of nitrogens with one attached hydrogen (secondary N) is 1. The summed E-state index contributed by atoms with van der Waals surface area (Å²) in [7, 11) is 3.12. The molecule has 0 saturated carbocycles. The minimum absolute atomic E-state index is 0.293. The molecule has 5 nitrogen and oxygen atoms in total. The third kappa shape index (κ3) is 3.18. The Labute approximate surface area is 146 Å². The van der Waals surface area contributed by atoms with Crippen LogP contribution in [0.15, 0.2) is 40.8 Å². The Bertz CT molecular complexity index is 927. The topological polar surface area (TPSA) is 60.7 Å². The number of rotatable bonds is 5. The highest BCUT2D eigenvalue weighted by Crippen LogP contribution is 2.31. The van der Waals surface area contributed by atoms with E-state index in [4.69, 9.17) is 13.9 Å². The van der Waals surface area contributed by atoms with Crippen LogP contribution in [-0.2, 0) is 6.42 Å². The molecule has 0 fully saturated rings. The Morgan fingerprint density at radius 2 is 1.84 bits per heavy atom. The van der Waals surface area contributed by atoms with Gasteiger partial charge < -0.3 is 19.2 Å². The lowest BCUT2D eigenvalue weighted by molar-refractivity contribution is 0.0998. The van der Waals surface area contributed by atoms with Crippen LogP contribution in [0.3, 0.4) is 0 Å². The third-order valence-corrected chi connectivity index (χ3v) is 4.26. The van der Waals surface area contributed by atoms with Crippen molar-refractivity contribution >= 4 is 22.6 Å². The summed E-state index contributed by atoms with van der Waals surface area (Å²) in [5.74, 6) is 1.18. The first-order chi connectivity index (χ1) is 12.1. The van der Waals surface area contributed by atoms with Crippen LogP contribution in [0.4, 0.5) is 5.69 Å². The van der Waals surface area contributed by atoms with Crippen molar-refractivity contribution in [2.45, 2.75) is 20.3 Å². The molecule has 0 aliphatic carbocycles. The quantitative estimate of drug-likeness (QED) is 0.739. The maximum atomic E-state index is 12.6. The Kier molecular flexibility index (Phi) is 4.65. The Hall–Kier alpha value is -2.95. The van der Waals surface area contributed by atoms with E-state index in [1.165, 1.54) is 5.56 Å². The smallest absolute Gasteiger partial charge is 0.291 e. The number of aryl methyl sites for hydroxylation is 2. The van der Waals surface area contributed by atoms with Crippen molar-refractivity contribution in [3.05, 3.63) is 53.3 Å². The van der Waals surface area contributed by atoms with Crippen LogP contribution >= 0.6 is 0 Å². The minimum Gasteiger partial charge on any atom is -0.493 e. The zero-order valence-electron chi connectivity index (χ0n) is 14.8. The summed E-state index contributed by atoms with van der Waals surface area (Å²) in [6.45, 7) is 4.00. The number of benzene rings is 2. The molecule has 1 heterocycles. The second-order valence-electron chi connectivity index (χ2n) is 5.76. The van der Waals surface area contributed by atoms with Gasteiger partial charge in [0.15, 0.2) is 17.3 Å². The molecule has 0 spiro atoms. The van der Waals surface area contributed by atoms with E-state index in [0.29, 0.717) is 28.5 Å². The fraction of sp³-hybridized carbons (Fsp3) is 0.250.